The van der Waals surface area contributed by atoms with Gasteiger partial charge in [-0.2, -0.15) is 0 Å². The maximum absolute atomic E-state index is 5.64. The van der Waals surface area contributed by atoms with Gasteiger partial charge >= 0.3 is 0 Å². The summed E-state index contributed by atoms with van der Waals surface area (Å²) in [6.07, 6.45) is 3.71. The van der Waals surface area contributed by atoms with Gasteiger partial charge in [0, 0.05) is 25.2 Å². The Bertz CT molecular complexity index is 839. The summed E-state index contributed by atoms with van der Waals surface area (Å²) in [6, 6.07) is 10.8. The summed E-state index contributed by atoms with van der Waals surface area (Å²) >= 11 is 1.65. The minimum Gasteiger partial charge on any atom is -0.381 e. The van der Waals surface area contributed by atoms with Crippen LogP contribution in [0.2, 0.25) is 0 Å². The van der Waals surface area contributed by atoms with E-state index < -0.39 is 0 Å². The Balaban J connectivity index is 1.66. The molecular formula is C19H21N3OS. The van der Waals surface area contributed by atoms with Crippen molar-refractivity contribution >= 4 is 27.4 Å². The van der Waals surface area contributed by atoms with Crippen LogP contribution in [0.5, 0.6) is 0 Å². The number of nitrogens with zero attached hydrogens (tertiary/aromatic N) is 2. The first kappa shape index (κ1) is 15.5. The van der Waals surface area contributed by atoms with E-state index >= 15 is 0 Å². The SMILES string of the molecule is Cc1ccccc1C1(CNc2ncnc3sccc23)CCOCC1. The van der Waals surface area contributed by atoms with Crippen molar-refractivity contribution in [3.05, 3.63) is 53.2 Å². The van der Waals surface area contributed by atoms with Gasteiger partial charge in [0.25, 0.3) is 0 Å². The lowest BCUT2D eigenvalue weighted by Crippen LogP contribution is -2.40. The molecule has 0 amide bonds. The Hall–Kier alpha value is -1.98. The van der Waals surface area contributed by atoms with E-state index in [2.05, 4.69) is 57.9 Å². The van der Waals surface area contributed by atoms with Crippen molar-refractivity contribution in [2.24, 2.45) is 0 Å². The standard InChI is InChI=1S/C19H21N3OS/c1-14-4-2-3-5-16(14)19(7-9-23-10-8-19)12-20-17-15-6-11-24-18(15)22-13-21-17/h2-6,11,13H,7-10,12H2,1H3,(H,20,21,22). The van der Waals surface area contributed by atoms with Gasteiger partial charge in [-0.15, -0.1) is 11.3 Å². The Morgan fingerprint density at radius 1 is 1.17 bits per heavy atom. The van der Waals surface area contributed by atoms with Crippen LogP contribution in [0.15, 0.2) is 42.0 Å². The molecule has 1 aliphatic heterocycles. The van der Waals surface area contributed by atoms with E-state index in [1.54, 1.807) is 17.7 Å². The molecule has 1 N–H and O–H groups in total. The molecule has 3 aromatic rings. The van der Waals surface area contributed by atoms with Gasteiger partial charge < -0.3 is 10.1 Å². The third kappa shape index (κ3) is 2.78. The van der Waals surface area contributed by atoms with Gasteiger partial charge in [-0.3, -0.25) is 0 Å². The Kier molecular flexibility index (Phi) is 4.21. The zero-order valence-corrected chi connectivity index (χ0v) is 14.6. The van der Waals surface area contributed by atoms with E-state index in [4.69, 9.17) is 4.74 Å². The molecule has 0 bridgehead atoms. The number of aryl methyl sites for hydroxylation is 1. The summed E-state index contributed by atoms with van der Waals surface area (Å²) in [6.45, 7) is 4.69. The number of anilines is 1. The number of hydrogen-bond acceptors (Lipinski definition) is 5. The van der Waals surface area contributed by atoms with Gasteiger partial charge in [0.1, 0.15) is 17.0 Å². The van der Waals surface area contributed by atoms with E-state index in [-0.39, 0.29) is 5.41 Å². The molecule has 0 radical (unpaired) electrons. The molecule has 1 aliphatic rings. The van der Waals surface area contributed by atoms with E-state index in [0.29, 0.717) is 0 Å². The van der Waals surface area contributed by atoms with Crippen LogP contribution in [0.25, 0.3) is 10.2 Å². The molecule has 3 heterocycles. The number of rotatable bonds is 4. The van der Waals surface area contributed by atoms with Crippen molar-refractivity contribution in [2.75, 3.05) is 25.1 Å². The molecule has 2 aromatic heterocycles. The molecule has 1 aromatic carbocycles. The number of hydrogen-bond donors (Lipinski definition) is 1. The highest BCUT2D eigenvalue weighted by molar-refractivity contribution is 7.16. The number of nitrogens with one attached hydrogen (secondary N) is 1. The molecule has 124 valence electrons. The lowest BCUT2D eigenvalue weighted by Gasteiger charge is -2.39. The molecule has 0 unspecified atom stereocenters. The topological polar surface area (TPSA) is 47.0 Å². The molecule has 4 rings (SSSR count). The molecule has 0 atom stereocenters. The fourth-order valence-corrected chi connectivity index (χ4v) is 4.39. The quantitative estimate of drug-likeness (QED) is 0.775. The lowest BCUT2D eigenvalue weighted by atomic mass is 9.72. The molecule has 24 heavy (non-hydrogen) atoms. The Morgan fingerprint density at radius 2 is 2.00 bits per heavy atom. The van der Waals surface area contributed by atoms with Crippen molar-refractivity contribution in [3.8, 4) is 0 Å². The highest BCUT2D eigenvalue weighted by Gasteiger charge is 2.35. The third-order valence-corrected chi connectivity index (χ3v) is 5.84. The minimum atomic E-state index is 0.0941. The predicted molar refractivity (Wildman–Crippen MR) is 98.8 cm³/mol. The smallest absolute Gasteiger partial charge is 0.138 e. The summed E-state index contributed by atoms with van der Waals surface area (Å²) in [5.74, 6) is 0.931. The molecule has 1 saturated heterocycles. The third-order valence-electron chi connectivity index (χ3n) is 5.02. The Morgan fingerprint density at radius 3 is 2.83 bits per heavy atom. The molecule has 0 aliphatic carbocycles. The van der Waals surface area contributed by atoms with Gasteiger partial charge in [-0.05, 0) is 42.3 Å². The molecule has 1 fully saturated rings. The second-order valence-electron chi connectivity index (χ2n) is 6.42. The van der Waals surface area contributed by atoms with Crippen LogP contribution in [-0.4, -0.2) is 29.7 Å². The summed E-state index contributed by atoms with van der Waals surface area (Å²) in [5.41, 5.74) is 2.87. The number of benzene rings is 1. The molecule has 4 nitrogen and oxygen atoms in total. The van der Waals surface area contributed by atoms with Gasteiger partial charge in [0.2, 0.25) is 0 Å². The number of thiophene rings is 1. The second-order valence-corrected chi connectivity index (χ2v) is 7.32. The summed E-state index contributed by atoms with van der Waals surface area (Å²) in [5, 5.41) is 6.78. The number of fused-ring (bicyclic) bond motifs is 1. The Labute approximate surface area is 145 Å². The van der Waals surface area contributed by atoms with Crippen molar-refractivity contribution in [2.45, 2.75) is 25.2 Å². The van der Waals surface area contributed by atoms with E-state index in [0.717, 1.165) is 48.6 Å². The zero-order chi connectivity index (χ0) is 16.4. The second kappa shape index (κ2) is 6.49. The summed E-state index contributed by atoms with van der Waals surface area (Å²) in [4.78, 5) is 9.83. The van der Waals surface area contributed by atoms with Crippen LogP contribution in [0.1, 0.15) is 24.0 Å². The van der Waals surface area contributed by atoms with Crippen LogP contribution < -0.4 is 5.32 Å². The predicted octanol–water partition coefficient (Wildman–Crippen LogP) is 4.16. The fourth-order valence-electron chi connectivity index (χ4n) is 3.66. The highest BCUT2D eigenvalue weighted by atomic mass is 32.1. The molecule has 0 saturated carbocycles. The van der Waals surface area contributed by atoms with Gasteiger partial charge in [0.15, 0.2) is 0 Å². The van der Waals surface area contributed by atoms with Gasteiger partial charge in [-0.1, -0.05) is 24.3 Å². The zero-order valence-electron chi connectivity index (χ0n) is 13.8. The van der Waals surface area contributed by atoms with E-state index in [1.807, 2.05) is 0 Å². The average Bonchev–Trinajstić information content (AvgIpc) is 3.10. The van der Waals surface area contributed by atoms with Crippen LogP contribution in [0.3, 0.4) is 0 Å². The first-order chi connectivity index (χ1) is 11.8. The van der Waals surface area contributed by atoms with Crippen LogP contribution in [-0.2, 0) is 10.2 Å². The normalized spacial score (nSPS) is 17.0. The molecular weight excluding hydrogens is 318 g/mol. The minimum absolute atomic E-state index is 0.0941. The maximum atomic E-state index is 5.64. The van der Waals surface area contributed by atoms with E-state index in [9.17, 15) is 0 Å². The van der Waals surface area contributed by atoms with Gasteiger partial charge in [0.05, 0.1) is 5.39 Å². The first-order valence-corrected chi connectivity index (χ1v) is 9.22. The molecule has 0 spiro atoms. The largest absolute Gasteiger partial charge is 0.381 e. The lowest BCUT2D eigenvalue weighted by molar-refractivity contribution is 0.0542. The highest BCUT2D eigenvalue weighted by Crippen LogP contribution is 2.37. The van der Waals surface area contributed by atoms with Crippen molar-refractivity contribution in [1.29, 1.82) is 0 Å². The van der Waals surface area contributed by atoms with Crippen LogP contribution in [0, 0.1) is 6.92 Å². The molecule has 5 heteroatoms. The monoisotopic (exact) mass is 339 g/mol. The van der Waals surface area contributed by atoms with Gasteiger partial charge in [-0.25, -0.2) is 9.97 Å². The fraction of sp³-hybridized carbons (Fsp3) is 0.368. The van der Waals surface area contributed by atoms with Crippen molar-refractivity contribution in [3.63, 3.8) is 0 Å². The average molecular weight is 339 g/mol. The van der Waals surface area contributed by atoms with Crippen molar-refractivity contribution < 1.29 is 4.74 Å². The summed E-state index contributed by atoms with van der Waals surface area (Å²) < 4.78 is 5.64. The summed E-state index contributed by atoms with van der Waals surface area (Å²) in [7, 11) is 0. The maximum Gasteiger partial charge on any atom is 0.138 e. The number of aromatic nitrogens is 2. The van der Waals surface area contributed by atoms with Crippen LogP contribution >= 0.6 is 11.3 Å². The number of ether oxygens (including phenoxy) is 1. The van der Waals surface area contributed by atoms with E-state index in [1.165, 1.54) is 11.1 Å². The first-order valence-electron chi connectivity index (χ1n) is 8.34. The van der Waals surface area contributed by atoms with Crippen LogP contribution in [0.4, 0.5) is 5.82 Å². The van der Waals surface area contributed by atoms with Crippen molar-refractivity contribution in [1.82, 2.24) is 9.97 Å².